The molecule has 4 rings (SSSR count). The molecule has 0 aromatic rings. The predicted molar refractivity (Wildman–Crippen MR) is 79.9 cm³/mol. The summed E-state index contributed by atoms with van der Waals surface area (Å²) in [5, 5.41) is 0. The van der Waals surface area contributed by atoms with Crippen LogP contribution >= 0.6 is 0 Å². The second kappa shape index (κ2) is 3.92. The monoisotopic (exact) mass is 309 g/mol. The molecule has 1 saturated heterocycles. The molecule has 3 atom stereocenters. The SMILES string of the molecule is CC1(C)[C@@H]2CC[C@]13CS(=O)(=O)N(C(=O)C1=CCCC1)[C@@H]3C2. The zero-order valence-corrected chi connectivity index (χ0v) is 13.6. The van der Waals surface area contributed by atoms with E-state index < -0.39 is 10.0 Å². The number of carbonyl (C=O) groups is 1. The third kappa shape index (κ3) is 1.51. The first-order valence-electron chi connectivity index (χ1n) is 8.05. The van der Waals surface area contributed by atoms with Crippen LogP contribution in [0.5, 0.6) is 0 Å². The van der Waals surface area contributed by atoms with Gasteiger partial charge in [-0.15, -0.1) is 0 Å². The van der Waals surface area contributed by atoms with E-state index in [-0.39, 0.29) is 28.5 Å². The van der Waals surface area contributed by atoms with Gasteiger partial charge in [0.2, 0.25) is 10.0 Å². The van der Waals surface area contributed by atoms with Crippen molar-refractivity contribution in [3.8, 4) is 0 Å². The molecule has 0 aromatic heterocycles. The van der Waals surface area contributed by atoms with Crippen LogP contribution in [0.1, 0.15) is 52.4 Å². The maximum Gasteiger partial charge on any atom is 0.263 e. The van der Waals surface area contributed by atoms with E-state index in [1.165, 1.54) is 4.31 Å². The Kier molecular flexibility index (Phi) is 2.57. The maximum atomic E-state index is 12.8. The number of nitrogens with zero attached hydrogens (tertiary/aromatic N) is 1. The summed E-state index contributed by atoms with van der Waals surface area (Å²) in [6, 6.07) is -0.0924. The summed E-state index contributed by atoms with van der Waals surface area (Å²) in [5.74, 6) is 0.510. The minimum Gasteiger partial charge on any atom is -0.268 e. The number of fused-ring (bicyclic) bond motifs is 1. The van der Waals surface area contributed by atoms with E-state index in [0.29, 0.717) is 5.92 Å². The lowest BCUT2D eigenvalue weighted by Gasteiger charge is -2.37. The lowest BCUT2D eigenvalue weighted by atomic mass is 9.69. The molecule has 1 heterocycles. The Morgan fingerprint density at radius 1 is 1.38 bits per heavy atom. The zero-order valence-electron chi connectivity index (χ0n) is 12.8. The smallest absolute Gasteiger partial charge is 0.263 e. The Hall–Kier alpha value is -0.840. The first-order valence-corrected chi connectivity index (χ1v) is 9.66. The van der Waals surface area contributed by atoms with Gasteiger partial charge in [0.25, 0.3) is 5.91 Å². The highest BCUT2D eigenvalue weighted by molar-refractivity contribution is 7.90. The van der Waals surface area contributed by atoms with Crippen molar-refractivity contribution in [1.82, 2.24) is 4.31 Å². The quantitative estimate of drug-likeness (QED) is 0.747. The summed E-state index contributed by atoms with van der Waals surface area (Å²) in [7, 11) is -3.45. The topological polar surface area (TPSA) is 54.5 Å². The van der Waals surface area contributed by atoms with Crippen molar-refractivity contribution < 1.29 is 13.2 Å². The largest absolute Gasteiger partial charge is 0.268 e. The molecule has 1 amide bonds. The molecule has 4 nitrogen and oxygen atoms in total. The minimum atomic E-state index is -3.45. The molecule has 1 aliphatic heterocycles. The van der Waals surface area contributed by atoms with Gasteiger partial charge in [-0.2, -0.15) is 0 Å². The van der Waals surface area contributed by atoms with Crippen LogP contribution in [0.3, 0.4) is 0 Å². The van der Waals surface area contributed by atoms with E-state index in [1.807, 2.05) is 6.08 Å². The van der Waals surface area contributed by atoms with Crippen molar-refractivity contribution in [1.29, 1.82) is 0 Å². The van der Waals surface area contributed by atoms with Crippen LogP contribution in [-0.2, 0) is 14.8 Å². The number of allylic oxidation sites excluding steroid dienone is 1. The Bertz CT molecular complexity index is 648. The average Bonchev–Trinajstić information content (AvgIpc) is 3.08. The van der Waals surface area contributed by atoms with E-state index in [4.69, 9.17) is 0 Å². The summed E-state index contributed by atoms with van der Waals surface area (Å²) < 4.78 is 26.7. The van der Waals surface area contributed by atoms with Gasteiger partial charge in [0.15, 0.2) is 0 Å². The normalized spacial score (nSPS) is 42.2. The summed E-state index contributed by atoms with van der Waals surface area (Å²) in [6.07, 6.45) is 7.47. The van der Waals surface area contributed by atoms with Crippen LogP contribution in [0.4, 0.5) is 0 Å². The molecule has 116 valence electrons. The molecule has 3 fully saturated rings. The fraction of sp³-hybridized carbons (Fsp3) is 0.812. The summed E-state index contributed by atoms with van der Waals surface area (Å²) in [4.78, 5) is 12.8. The number of amides is 1. The van der Waals surface area contributed by atoms with E-state index in [0.717, 1.165) is 44.1 Å². The number of sulfonamides is 1. The Morgan fingerprint density at radius 2 is 2.14 bits per heavy atom. The molecule has 21 heavy (non-hydrogen) atoms. The van der Waals surface area contributed by atoms with Gasteiger partial charge in [-0.05, 0) is 49.9 Å². The Morgan fingerprint density at radius 3 is 2.76 bits per heavy atom. The fourth-order valence-electron chi connectivity index (χ4n) is 5.56. The number of rotatable bonds is 1. The molecule has 4 aliphatic rings. The average molecular weight is 309 g/mol. The summed E-state index contributed by atoms with van der Waals surface area (Å²) >= 11 is 0. The molecule has 1 spiro atoms. The van der Waals surface area contributed by atoms with Crippen molar-refractivity contribution in [3.05, 3.63) is 11.6 Å². The first-order chi connectivity index (χ1) is 9.80. The second-order valence-electron chi connectivity index (χ2n) is 7.84. The van der Waals surface area contributed by atoms with Gasteiger partial charge in [-0.25, -0.2) is 12.7 Å². The molecule has 0 N–H and O–H groups in total. The lowest BCUT2D eigenvalue weighted by molar-refractivity contribution is -0.125. The van der Waals surface area contributed by atoms with Crippen molar-refractivity contribution in [3.63, 3.8) is 0 Å². The minimum absolute atomic E-state index is 0.0316. The predicted octanol–water partition coefficient (Wildman–Crippen LogP) is 2.46. The molecule has 0 aromatic carbocycles. The van der Waals surface area contributed by atoms with Gasteiger partial charge < -0.3 is 0 Å². The first kappa shape index (κ1) is 13.8. The van der Waals surface area contributed by atoms with E-state index in [1.54, 1.807) is 0 Å². The number of carbonyl (C=O) groups excluding carboxylic acids is 1. The molecule has 0 unspecified atom stereocenters. The van der Waals surface area contributed by atoms with Gasteiger partial charge in [0.1, 0.15) is 0 Å². The van der Waals surface area contributed by atoms with Crippen LogP contribution in [0.15, 0.2) is 11.6 Å². The van der Waals surface area contributed by atoms with Crippen LogP contribution in [0.25, 0.3) is 0 Å². The second-order valence-corrected chi connectivity index (χ2v) is 9.69. The van der Waals surface area contributed by atoms with Crippen molar-refractivity contribution >= 4 is 15.9 Å². The Balaban J connectivity index is 1.78. The molecule has 2 bridgehead atoms. The van der Waals surface area contributed by atoms with Crippen LogP contribution in [-0.4, -0.2) is 30.4 Å². The lowest BCUT2D eigenvalue weighted by Crippen LogP contribution is -2.44. The molecule has 2 saturated carbocycles. The molecule has 3 aliphatic carbocycles. The van der Waals surface area contributed by atoms with Crippen LogP contribution in [0.2, 0.25) is 0 Å². The van der Waals surface area contributed by atoms with Gasteiger partial charge >= 0.3 is 0 Å². The van der Waals surface area contributed by atoms with Crippen LogP contribution < -0.4 is 0 Å². The maximum absolute atomic E-state index is 12.8. The van der Waals surface area contributed by atoms with Gasteiger partial charge in [0, 0.05) is 11.0 Å². The highest BCUT2D eigenvalue weighted by atomic mass is 32.2. The molecular weight excluding hydrogens is 286 g/mol. The highest BCUT2D eigenvalue weighted by Gasteiger charge is 2.72. The third-order valence-corrected chi connectivity index (χ3v) is 8.83. The van der Waals surface area contributed by atoms with Gasteiger partial charge in [-0.3, -0.25) is 4.79 Å². The number of hydrogen-bond donors (Lipinski definition) is 0. The standard InChI is InChI=1S/C16H23NO3S/c1-15(2)12-7-8-16(15)10-21(19,20)17(13(16)9-12)14(18)11-5-3-4-6-11/h5,12-13H,3-4,6-10H2,1-2H3/t12-,13-,16-/m1/s1. The Labute approximate surface area is 126 Å². The molecular formula is C16H23NO3S. The highest BCUT2D eigenvalue weighted by Crippen LogP contribution is 2.70. The van der Waals surface area contributed by atoms with Crippen molar-refractivity contribution in [2.45, 2.75) is 58.4 Å². The summed E-state index contributed by atoms with van der Waals surface area (Å²) in [5.41, 5.74) is 0.547. The molecule has 0 radical (unpaired) electrons. The van der Waals surface area contributed by atoms with E-state index in [9.17, 15) is 13.2 Å². The van der Waals surface area contributed by atoms with Gasteiger partial charge in [0.05, 0.1) is 11.8 Å². The zero-order chi connectivity index (χ0) is 15.0. The van der Waals surface area contributed by atoms with Crippen molar-refractivity contribution in [2.75, 3.05) is 5.75 Å². The van der Waals surface area contributed by atoms with Gasteiger partial charge in [-0.1, -0.05) is 19.9 Å². The number of hydrogen-bond acceptors (Lipinski definition) is 3. The van der Waals surface area contributed by atoms with E-state index in [2.05, 4.69) is 13.8 Å². The van der Waals surface area contributed by atoms with Crippen molar-refractivity contribution in [2.24, 2.45) is 16.7 Å². The van der Waals surface area contributed by atoms with Crippen LogP contribution in [0, 0.1) is 16.7 Å². The summed E-state index contributed by atoms with van der Waals surface area (Å²) in [6.45, 7) is 4.42. The van der Waals surface area contributed by atoms with E-state index >= 15 is 0 Å². The third-order valence-electron chi connectivity index (χ3n) is 6.93. The molecule has 5 heteroatoms. The fourth-order valence-corrected chi connectivity index (χ4v) is 8.11.